The summed E-state index contributed by atoms with van der Waals surface area (Å²) in [6.07, 6.45) is 5.41. The Bertz CT molecular complexity index is 184. The van der Waals surface area contributed by atoms with Crippen molar-refractivity contribution in [1.29, 1.82) is 0 Å². The first kappa shape index (κ1) is 14.0. The van der Waals surface area contributed by atoms with Gasteiger partial charge < -0.3 is 5.32 Å². The lowest BCUT2D eigenvalue weighted by Gasteiger charge is -2.24. The number of nitrogens with one attached hydrogen (secondary N) is 1. The van der Waals surface area contributed by atoms with Crippen molar-refractivity contribution in [2.45, 2.75) is 59.4 Å². The van der Waals surface area contributed by atoms with E-state index >= 15 is 0 Å². The van der Waals surface area contributed by atoms with E-state index in [1.807, 2.05) is 0 Å². The molecule has 1 aliphatic heterocycles. The van der Waals surface area contributed by atoms with E-state index in [-0.39, 0.29) is 0 Å². The Morgan fingerprint density at radius 3 is 2.62 bits per heavy atom. The third kappa shape index (κ3) is 5.31. The van der Waals surface area contributed by atoms with E-state index in [0.29, 0.717) is 5.41 Å². The van der Waals surface area contributed by atoms with Gasteiger partial charge in [-0.05, 0) is 44.2 Å². The van der Waals surface area contributed by atoms with Crippen molar-refractivity contribution >= 4 is 0 Å². The second kappa shape index (κ2) is 6.61. The molecule has 2 heteroatoms. The zero-order valence-corrected chi connectivity index (χ0v) is 11.7. The molecule has 1 N–H and O–H groups in total. The van der Waals surface area contributed by atoms with Gasteiger partial charge in [-0.3, -0.25) is 4.90 Å². The lowest BCUT2D eigenvalue weighted by atomic mass is 9.92. The second-order valence-corrected chi connectivity index (χ2v) is 6.30. The molecule has 1 atom stereocenters. The van der Waals surface area contributed by atoms with Crippen LogP contribution in [0.2, 0.25) is 0 Å². The van der Waals surface area contributed by atoms with E-state index in [9.17, 15) is 0 Å². The molecule has 2 nitrogen and oxygen atoms in total. The van der Waals surface area contributed by atoms with Crippen molar-refractivity contribution in [1.82, 2.24) is 10.2 Å². The zero-order valence-electron chi connectivity index (χ0n) is 11.7. The summed E-state index contributed by atoms with van der Waals surface area (Å²) in [7, 11) is 0. The van der Waals surface area contributed by atoms with E-state index in [4.69, 9.17) is 0 Å². The SMILES string of the molecule is CCC1CCCN1CCNCCC(C)(C)C. The molecule has 0 aromatic carbocycles. The second-order valence-electron chi connectivity index (χ2n) is 6.30. The van der Waals surface area contributed by atoms with Crippen molar-refractivity contribution < 1.29 is 0 Å². The Kier molecular flexibility index (Phi) is 5.77. The molecule has 96 valence electrons. The molecule has 0 aromatic heterocycles. The van der Waals surface area contributed by atoms with Gasteiger partial charge in [-0.15, -0.1) is 0 Å². The summed E-state index contributed by atoms with van der Waals surface area (Å²) in [4.78, 5) is 2.66. The molecule has 1 heterocycles. The van der Waals surface area contributed by atoms with Gasteiger partial charge in [0, 0.05) is 19.1 Å². The molecule has 1 unspecified atom stereocenters. The van der Waals surface area contributed by atoms with Crippen molar-refractivity contribution in [3.8, 4) is 0 Å². The number of hydrogen-bond acceptors (Lipinski definition) is 2. The number of rotatable bonds is 6. The van der Waals surface area contributed by atoms with Crippen molar-refractivity contribution in [3.05, 3.63) is 0 Å². The van der Waals surface area contributed by atoms with Gasteiger partial charge in [-0.25, -0.2) is 0 Å². The summed E-state index contributed by atoms with van der Waals surface area (Å²) in [6, 6.07) is 0.865. The average molecular weight is 226 g/mol. The average Bonchev–Trinajstić information content (AvgIpc) is 2.63. The van der Waals surface area contributed by atoms with Gasteiger partial charge in [-0.2, -0.15) is 0 Å². The fourth-order valence-electron chi connectivity index (χ4n) is 2.46. The van der Waals surface area contributed by atoms with E-state index < -0.39 is 0 Å². The molecule has 1 rings (SSSR count). The number of nitrogens with zero attached hydrogens (tertiary/aromatic N) is 1. The lowest BCUT2D eigenvalue weighted by Crippen LogP contribution is -2.36. The Balaban J connectivity index is 2.03. The van der Waals surface area contributed by atoms with Crippen LogP contribution in [0.5, 0.6) is 0 Å². The van der Waals surface area contributed by atoms with E-state index in [1.54, 1.807) is 0 Å². The minimum absolute atomic E-state index is 0.465. The highest BCUT2D eigenvalue weighted by Gasteiger charge is 2.21. The van der Waals surface area contributed by atoms with Crippen LogP contribution in [0.25, 0.3) is 0 Å². The highest BCUT2D eigenvalue weighted by Crippen LogP contribution is 2.19. The molecule has 0 aliphatic carbocycles. The quantitative estimate of drug-likeness (QED) is 0.701. The summed E-state index contributed by atoms with van der Waals surface area (Å²) >= 11 is 0. The Hall–Kier alpha value is -0.0800. The maximum atomic E-state index is 3.57. The summed E-state index contributed by atoms with van der Waals surface area (Å²) < 4.78 is 0. The van der Waals surface area contributed by atoms with Crippen LogP contribution < -0.4 is 5.32 Å². The molecule has 0 spiro atoms. The minimum atomic E-state index is 0.465. The van der Waals surface area contributed by atoms with Crippen LogP contribution in [-0.2, 0) is 0 Å². The Morgan fingerprint density at radius 1 is 1.25 bits per heavy atom. The van der Waals surface area contributed by atoms with Gasteiger partial charge in [0.2, 0.25) is 0 Å². The van der Waals surface area contributed by atoms with Gasteiger partial charge in [0.15, 0.2) is 0 Å². The molecule has 1 fully saturated rings. The number of hydrogen-bond donors (Lipinski definition) is 1. The predicted octanol–water partition coefficient (Wildman–Crippen LogP) is 2.89. The van der Waals surface area contributed by atoms with E-state index in [0.717, 1.165) is 19.1 Å². The van der Waals surface area contributed by atoms with Gasteiger partial charge in [0.1, 0.15) is 0 Å². The zero-order chi connectivity index (χ0) is 12.0. The summed E-state index contributed by atoms with van der Waals surface area (Å²) in [5, 5.41) is 3.57. The highest BCUT2D eigenvalue weighted by molar-refractivity contribution is 4.78. The normalized spacial score (nSPS) is 22.9. The molecule has 0 saturated carbocycles. The van der Waals surface area contributed by atoms with Gasteiger partial charge in [0.05, 0.1) is 0 Å². The fourth-order valence-corrected chi connectivity index (χ4v) is 2.46. The Morgan fingerprint density at radius 2 is 2.00 bits per heavy atom. The minimum Gasteiger partial charge on any atom is -0.315 e. The monoisotopic (exact) mass is 226 g/mol. The van der Waals surface area contributed by atoms with Crippen LogP contribution in [-0.4, -0.2) is 37.1 Å². The van der Waals surface area contributed by atoms with E-state index in [1.165, 1.54) is 38.8 Å². The highest BCUT2D eigenvalue weighted by atomic mass is 15.2. The van der Waals surface area contributed by atoms with Crippen LogP contribution in [0.15, 0.2) is 0 Å². The molecule has 0 amide bonds. The molecule has 16 heavy (non-hydrogen) atoms. The summed E-state index contributed by atoms with van der Waals surface area (Å²) in [5.74, 6) is 0. The fraction of sp³-hybridized carbons (Fsp3) is 1.00. The molecule has 0 bridgehead atoms. The number of likely N-dealkylation sites (tertiary alicyclic amines) is 1. The maximum absolute atomic E-state index is 3.57. The molecule has 1 saturated heterocycles. The smallest absolute Gasteiger partial charge is 0.0110 e. The van der Waals surface area contributed by atoms with E-state index in [2.05, 4.69) is 37.9 Å². The van der Waals surface area contributed by atoms with Crippen LogP contribution >= 0.6 is 0 Å². The molecule has 0 aromatic rings. The molecule has 1 aliphatic rings. The third-order valence-corrected chi connectivity index (χ3v) is 3.60. The standard InChI is InChI=1S/C14H30N2/c1-5-13-7-6-11-16(13)12-10-15-9-8-14(2,3)4/h13,15H,5-12H2,1-4H3. The molecule has 0 radical (unpaired) electrons. The van der Waals surface area contributed by atoms with Crippen LogP contribution in [0.1, 0.15) is 53.4 Å². The van der Waals surface area contributed by atoms with Gasteiger partial charge in [-0.1, -0.05) is 27.7 Å². The van der Waals surface area contributed by atoms with Crippen molar-refractivity contribution in [2.75, 3.05) is 26.2 Å². The van der Waals surface area contributed by atoms with Crippen LogP contribution in [0.3, 0.4) is 0 Å². The lowest BCUT2D eigenvalue weighted by molar-refractivity contribution is 0.246. The largest absolute Gasteiger partial charge is 0.315 e. The first-order chi connectivity index (χ1) is 7.53. The first-order valence-electron chi connectivity index (χ1n) is 6.97. The summed E-state index contributed by atoms with van der Waals surface area (Å²) in [6.45, 7) is 14.1. The maximum Gasteiger partial charge on any atom is 0.0110 e. The molecular weight excluding hydrogens is 196 g/mol. The third-order valence-electron chi connectivity index (χ3n) is 3.60. The van der Waals surface area contributed by atoms with Crippen molar-refractivity contribution in [3.63, 3.8) is 0 Å². The predicted molar refractivity (Wildman–Crippen MR) is 71.8 cm³/mol. The molecular formula is C14H30N2. The Labute approximate surface area is 102 Å². The topological polar surface area (TPSA) is 15.3 Å². The van der Waals surface area contributed by atoms with Crippen LogP contribution in [0, 0.1) is 5.41 Å². The van der Waals surface area contributed by atoms with Crippen LogP contribution in [0.4, 0.5) is 0 Å². The van der Waals surface area contributed by atoms with Crippen molar-refractivity contribution in [2.24, 2.45) is 5.41 Å². The first-order valence-corrected chi connectivity index (χ1v) is 6.97. The summed E-state index contributed by atoms with van der Waals surface area (Å²) in [5.41, 5.74) is 0.465. The van der Waals surface area contributed by atoms with Gasteiger partial charge >= 0.3 is 0 Å². The van der Waals surface area contributed by atoms with Gasteiger partial charge in [0.25, 0.3) is 0 Å².